The summed E-state index contributed by atoms with van der Waals surface area (Å²) in [4.78, 5) is 12.2. The number of allylic oxidation sites excluding steroid dienone is 1. The molecule has 0 fully saturated rings. The van der Waals surface area contributed by atoms with Crippen molar-refractivity contribution in [2.24, 2.45) is 0 Å². The Bertz CT molecular complexity index is 1050. The van der Waals surface area contributed by atoms with Gasteiger partial charge in [0.05, 0.1) is 11.4 Å². The molecule has 0 unspecified atom stereocenters. The van der Waals surface area contributed by atoms with Gasteiger partial charge < -0.3 is 10.1 Å². The van der Waals surface area contributed by atoms with Gasteiger partial charge in [-0.25, -0.2) is 4.39 Å². The average molecular weight is 427 g/mol. The highest BCUT2D eigenvalue weighted by Crippen LogP contribution is 2.22. The number of nitrogens with zero attached hydrogens (tertiary/aromatic N) is 3. The van der Waals surface area contributed by atoms with E-state index in [9.17, 15) is 9.18 Å². The van der Waals surface area contributed by atoms with Gasteiger partial charge >= 0.3 is 0 Å². The second-order valence-electron chi connectivity index (χ2n) is 6.67. The first-order valence-corrected chi connectivity index (χ1v) is 10.4. The van der Waals surface area contributed by atoms with Gasteiger partial charge in [0.15, 0.2) is 11.0 Å². The van der Waals surface area contributed by atoms with Crippen LogP contribution in [0.1, 0.15) is 17.0 Å². The largest absolute Gasteiger partial charge is 0.485 e. The third-order valence-electron chi connectivity index (χ3n) is 4.29. The number of aromatic nitrogens is 3. The number of nitrogens with one attached hydrogen (secondary N) is 1. The van der Waals surface area contributed by atoms with E-state index in [0.717, 1.165) is 16.9 Å². The van der Waals surface area contributed by atoms with E-state index in [-0.39, 0.29) is 24.0 Å². The highest BCUT2D eigenvalue weighted by atomic mass is 32.2. The molecule has 0 spiro atoms. The first kappa shape index (κ1) is 21.6. The molecule has 8 heteroatoms. The molecule has 0 aliphatic rings. The van der Waals surface area contributed by atoms with Crippen molar-refractivity contribution in [1.29, 1.82) is 0 Å². The first-order valence-electron chi connectivity index (χ1n) is 9.38. The van der Waals surface area contributed by atoms with Gasteiger partial charge in [-0.2, -0.15) is 0 Å². The third-order valence-corrected chi connectivity index (χ3v) is 5.25. The number of hydrogen-bond acceptors (Lipinski definition) is 5. The summed E-state index contributed by atoms with van der Waals surface area (Å²) in [5.74, 6) is 0.694. The maximum Gasteiger partial charge on any atom is 0.234 e. The van der Waals surface area contributed by atoms with Crippen molar-refractivity contribution in [3.63, 3.8) is 0 Å². The number of benzene rings is 2. The lowest BCUT2D eigenvalue weighted by molar-refractivity contribution is -0.113. The Morgan fingerprint density at radius 1 is 1.27 bits per heavy atom. The van der Waals surface area contributed by atoms with Crippen LogP contribution < -0.4 is 10.1 Å². The Morgan fingerprint density at radius 3 is 2.83 bits per heavy atom. The van der Waals surface area contributed by atoms with Gasteiger partial charge in [0.1, 0.15) is 18.2 Å². The van der Waals surface area contributed by atoms with Crippen LogP contribution in [0.3, 0.4) is 0 Å². The Kier molecular flexibility index (Phi) is 7.24. The molecule has 0 radical (unpaired) electrons. The quantitative estimate of drug-likeness (QED) is 0.402. The summed E-state index contributed by atoms with van der Waals surface area (Å²) >= 11 is 1.22. The fourth-order valence-electron chi connectivity index (χ4n) is 2.73. The SMILES string of the molecule is C=CCn1c(COc2cc(C)ccc2C)nnc1SCC(=O)Nc1ccccc1F. The number of para-hydroxylation sites is 1. The zero-order valence-corrected chi connectivity index (χ0v) is 17.7. The molecular weight excluding hydrogens is 403 g/mol. The van der Waals surface area contributed by atoms with E-state index < -0.39 is 5.82 Å². The number of anilines is 1. The molecule has 3 rings (SSSR count). The van der Waals surface area contributed by atoms with E-state index in [1.165, 1.54) is 23.9 Å². The van der Waals surface area contributed by atoms with Crippen molar-refractivity contribution in [1.82, 2.24) is 14.8 Å². The summed E-state index contributed by atoms with van der Waals surface area (Å²) in [6.07, 6.45) is 1.73. The Hall–Kier alpha value is -3.13. The standard InChI is InChI=1S/C22H23FN4O2S/c1-4-11-27-20(13-29-19-12-15(2)9-10-16(19)3)25-26-22(27)30-14-21(28)24-18-8-6-5-7-17(18)23/h4-10,12H,1,11,13-14H2,2-3H3,(H,24,28). The Balaban J connectivity index is 1.65. The minimum absolute atomic E-state index is 0.0709. The minimum Gasteiger partial charge on any atom is -0.485 e. The molecule has 1 amide bonds. The molecular formula is C22H23FN4O2S. The number of carbonyl (C=O) groups is 1. The van der Waals surface area contributed by atoms with Gasteiger partial charge in [-0.05, 0) is 43.2 Å². The number of aryl methyl sites for hydroxylation is 2. The summed E-state index contributed by atoms with van der Waals surface area (Å²) in [5.41, 5.74) is 2.30. The summed E-state index contributed by atoms with van der Waals surface area (Å²) in [6.45, 7) is 8.49. The van der Waals surface area contributed by atoms with Gasteiger partial charge in [0.2, 0.25) is 5.91 Å². The van der Waals surface area contributed by atoms with Crippen molar-refractivity contribution in [3.05, 3.63) is 77.9 Å². The molecule has 1 aromatic heterocycles. The molecule has 0 saturated carbocycles. The summed E-state index contributed by atoms with van der Waals surface area (Å²) in [5, 5.41) is 11.5. The van der Waals surface area contributed by atoms with E-state index in [2.05, 4.69) is 22.1 Å². The number of rotatable bonds is 9. The number of ether oxygens (including phenoxy) is 1. The molecule has 156 valence electrons. The zero-order chi connectivity index (χ0) is 21.5. The molecule has 0 atom stereocenters. The van der Waals surface area contributed by atoms with Crippen LogP contribution in [0.25, 0.3) is 0 Å². The number of halogens is 1. The molecule has 0 aliphatic carbocycles. The van der Waals surface area contributed by atoms with Crippen LogP contribution in [-0.2, 0) is 17.9 Å². The van der Waals surface area contributed by atoms with E-state index in [0.29, 0.717) is 17.5 Å². The lowest BCUT2D eigenvalue weighted by atomic mass is 10.1. The minimum atomic E-state index is -0.475. The van der Waals surface area contributed by atoms with Crippen LogP contribution in [0, 0.1) is 19.7 Å². The van der Waals surface area contributed by atoms with Gasteiger partial charge in [0, 0.05) is 6.54 Å². The lowest BCUT2D eigenvalue weighted by Gasteiger charge is -2.11. The molecule has 2 aromatic carbocycles. The second kappa shape index (κ2) is 10.1. The normalized spacial score (nSPS) is 10.6. The van der Waals surface area contributed by atoms with E-state index in [1.54, 1.807) is 18.2 Å². The summed E-state index contributed by atoms with van der Waals surface area (Å²) in [6, 6.07) is 12.1. The lowest BCUT2D eigenvalue weighted by Crippen LogP contribution is -2.15. The van der Waals surface area contributed by atoms with Crippen molar-refractivity contribution in [2.75, 3.05) is 11.1 Å². The van der Waals surface area contributed by atoms with Gasteiger partial charge in [0.25, 0.3) is 0 Å². The summed E-state index contributed by atoms with van der Waals surface area (Å²) < 4.78 is 21.5. The zero-order valence-electron chi connectivity index (χ0n) is 16.9. The molecule has 0 aliphatic heterocycles. The van der Waals surface area contributed by atoms with Crippen LogP contribution in [0.2, 0.25) is 0 Å². The first-order chi connectivity index (χ1) is 14.5. The molecule has 1 heterocycles. The van der Waals surface area contributed by atoms with Crippen molar-refractivity contribution >= 4 is 23.4 Å². The van der Waals surface area contributed by atoms with Crippen molar-refractivity contribution in [3.8, 4) is 5.75 Å². The number of carbonyl (C=O) groups excluding carboxylic acids is 1. The van der Waals surface area contributed by atoms with Crippen molar-refractivity contribution < 1.29 is 13.9 Å². The van der Waals surface area contributed by atoms with Crippen LogP contribution >= 0.6 is 11.8 Å². The topological polar surface area (TPSA) is 69.0 Å². The fourth-order valence-corrected chi connectivity index (χ4v) is 3.50. The maximum atomic E-state index is 13.7. The van der Waals surface area contributed by atoms with Gasteiger partial charge in [-0.3, -0.25) is 9.36 Å². The number of hydrogen-bond donors (Lipinski definition) is 1. The molecule has 6 nitrogen and oxygen atoms in total. The predicted molar refractivity (Wildman–Crippen MR) is 116 cm³/mol. The highest BCUT2D eigenvalue weighted by molar-refractivity contribution is 7.99. The van der Waals surface area contributed by atoms with Crippen LogP contribution in [0.4, 0.5) is 10.1 Å². The fraction of sp³-hybridized carbons (Fsp3) is 0.227. The molecule has 0 bridgehead atoms. The van der Waals surface area contributed by atoms with Crippen LogP contribution in [0.15, 0.2) is 60.3 Å². The molecule has 30 heavy (non-hydrogen) atoms. The van der Waals surface area contributed by atoms with E-state index >= 15 is 0 Å². The third kappa shape index (κ3) is 5.48. The second-order valence-corrected chi connectivity index (χ2v) is 7.61. The Morgan fingerprint density at radius 2 is 2.07 bits per heavy atom. The maximum absolute atomic E-state index is 13.7. The van der Waals surface area contributed by atoms with E-state index in [4.69, 9.17) is 4.74 Å². The van der Waals surface area contributed by atoms with Gasteiger partial charge in [-0.15, -0.1) is 16.8 Å². The molecule has 1 N–H and O–H groups in total. The monoisotopic (exact) mass is 426 g/mol. The van der Waals surface area contributed by atoms with Crippen molar-refractivity contribution in [2.45, 2.75) is 32.2 Å². The van der Waals surface area contributed by atoms with E-state index in [1.807, 2.05) is 36.6 Å². The number of amides is 1. The Labute approximate surface area is 179 Å². The van der Waals surface area contributed by atoms with Crippen LogP contribution in [0.5, 0.6) is 5.75 Å². The smallest absolute Gasteiger partial charge is 0.234 e. The van der Waals surface area contributed by atoms with Crippen LogP contribution in [-0.4, -0.2) is 26.4 Å². The molecule has 0 saturated heterocycles. The average Bonchev–Trinajstić information content (AvgIpc) is 3.11. The molecule has 3 aromatic rings. The highest BCUT2D eigenvalue weighted by Gasteiger charge is 2.15. The summed E-state index contributed by atoms with van der Waals surface area (Å²) in [7, 11) is 0. The number of thioether (sulfide) groups is 1. The van der Waals surface area contributed by atoms with Gasteiger partial charge in [-0.1, -0.05) is 42.1 Å². The predicted octanol–water partition coefficient (Wildman–Crippen LogP) is 4.53.